The molecule has 78 valence electrons. The predicted molar refractivity (Wildman–Crippen MR) is 55.6 cm³/mol. The van der Waals surface area contributed by atoms with Gasteiger partial charge in [0.05, 0.1) is 13.0 Å². The molecule has 2 aromatic rings. The highest BCUT2D eigenvalue weighted by molar-refractivity contribution is 7.13. The first kappa shape index (κ1) is 9.85. The number of hydrogen-bond donors (Lipinski definition) is 1. The summed E-state index contributed by atoms with van der Waals surface area (Å²) >= 11 is 1.51. The Kier molecular flexibility index (Phi) is 2.77. The summed E-state index contributed by atoms with van der Waals surface area (Å²) in [5.41, 5.74) is 0.787. The molecule has 0 fully saturated rings. The summed E-state index contributed by atoms with van der Waals surface area (Å²) in [5, 5.41) is 15.5. The molecule has 0 atom stereocenters. The van der Waals surface area contributed by atoms with Gasteiger partial charge in [0.15, 0.2) is 0 Å². The number of carboxylic acids is 1. The molecule has 0 aliphatic heterocycles. The van der Waals surface area contributed by atoms with E-state index in [1.807, 2.05) is 11.4 Å². The van der Waals surface area contributed by atoms with E-state index < -0.39 is 5.97 Å². The smallest absolute Gasteiger partial charge is 0.305 e. The predicted octanol–water partition coefficient (Wildman–Crippen LogP) is 1.48. The summed E-state index contributed by atoms with van der Waals surface area (Å²) < 4.78 is 1.62. The number of aryl methyl sites for hydroxylation is 1. The van der Waals surface area contributed by atoms with Crippen molar-refractivity contribution in [1.29, 1.82) is 0 Å². The van der Waals surface area contributed by atoms with Crippen molar-refractivity contribution in [1.82, 2.24) is 14.8 Å². The number of hydrogen-bond acceptors (Lipinski definition) is 4. The molecule has 5 nitrogen and oxygen atoms in total. The van der Waals surface area contributed by atoms with Crippen molar-refractivity contribution in [2.75, 3.05) is 0 Å². The van der Waals surface area contributed by atoms with Crippen LogP contribution in [0.15, 0.2) is 23.8 Å². The number of carbonyl (C=O) groups is 1. The Bertz CT molecular complexity index is 450. The average molecular weight is 223 g/mol. The third-order valence-electron chi connectivity index (χ3n) is 1.85. The lowest BCUT2D eigenvalue weighted by molar-refractivity contribution is -0.137. The van der Waals surface area contributed by atoms with Crippen LogP contribution in [0.2, 0.25) is 0 Å². The van der Waals surface area contributed by atoms with Gasteiger partial charge in [0, 0.05) is 17.8 Å². The van der Waals surface area contributed by atoms with Crippen LogP contribution in [-0.2, 0) is 11.3 Å². The molecular formula is C9H9N3O2S. The second-order valence-corrected chi connectivity index (χ2v) is 3.84. The minimum absolute atomic E-state index is 0.0823. The molecule has 0 aliphatic carbocycles. The second kappa shape index (κ2) is 4.22. The van der Waals surface area contributed by atoms with Crippen molar-refractivity contribution in [3.05, 3.63) is 23.8 Å². The van der Waals surface area contributed by atoms with Crippen molar-refractivity contribution in [2.24, 2.45) is 0 Å². The number of thiazole rings is 1. The van der Waals surface area contributed by atoms with E-state index in [1.54, 1.807) is 17.1 Å². The lowest BCUT2D eigenvalue weighted by Crippen LogP contribution is -2.04. The van der Waals surface area contributed by atoms with Crippen LogP contribution in [0.25, 0.3) is 10.7 Å². The summed E-state index contributed by atoms with van der Waals surface area (Å²) in [7, 11) is 0. The van der Waals surface area contributed by atoms with Gasteiger partial charge in [-0.3, -0.25) is 9.48 Å². The third kappa shape index (κ3) is 2.41. The van der Waals surface area contributed by atoms with Gasteiger partial charge in [-0.05, 0) is 6.07 Å². The van der Waals surface area contributed by atoms with Gasteiger partial charge in [-0.1, -0.05) is 0 Å². The van der Waals surface area contributed by atoms with E-state index in [0.29, 0.717) is 6.54 Å². The van der Waals surface area contributed by atoms with E-state index in [-0.39, 0.29) is 6.42 Å². The SMILES string of the molecule is O=C(O)CCn1ccc(-c2nccs2)n1. The topological polar surface area (TPSA) is 68.0 Å². The zero-order valence-corrected chi connectivity index (χ0v) is 8.65. The Hall–Kier alpha value is -1.69. The molecule has 2 aromatic heterocycles. The summed E-state index contributed by atoms with van der Waals surface area (Å²) in [5.74, 6) is -0.818. The van der Waals surface area contributed by atoms with Gasteiger partial charge in [0.1, 0.15) is 10.7 Å². The Balaban J connectivity index is 2.08. The monoisotopic (exact) mass is 223 g/mol. The number of nitrogens with zero attached hydrogens (tertiary/aromatic N) is 3. The Morgan fingerprint density at radius 2 is 2.47 bits per heavy atom. The molecule has 0 amide bonds. The normalized spacial score (nSPS) is 10.4. The van der Waals surface area contributed by atoms with E-state index in [2.05, 4.69) is 10.1 Å². The van der Waals surface area contributed by atoms with Gasteiger partial charge in [0.2, 0.25) is 0 Å². The number of aromatic nitrogens is 3. The maximum absolute atomic E-state index is 10.4. The summed E-state index contributed by atoms with van der Waals surface area (Å²) in [6, 6.07) is 1.83. The molecule has 0 saturated heterocycles. The first-order valence-corrected chi connectivity index (χ1v) is 5.29. The van der Waals surface area contributed by atoms with Gasteiger partial charge in [-0.25, -0.2) is 4.98 Å². The highest BCUT2D eigenvalue weighted by atomic mass is 32.1. The van der Waals surface area contributed by atoms with Gasteiger partial charge in [0.25, 0.3) is 0 Å². The standard InChI is InChI=1S/C9H9N3O2S/c13-8(14)2-5-12-4-1-7(11-12)9-10-3-6-15-9/h1,3-4,6H,2,5H2,(H,13,14). The number of aliphatic carboxylic acids is 1. The van der Waals surface area contributed by atoms with Gasteiger partial charge >= 0.3 is 5.97 Å². The van der Waals surface area contributed by atoms with Crippen molar-refractivity contribution in [3.8, 4) is 10.7 Å². The third-order valence-corrected chi connectivity index (χ3v) is 2.64. The van der Waals surface area contributed by atoms with E-state index >= 15 is 0 Å². The Labute approximate surface area is 90.0 Å². The lowest BCUT2D eigenvalue weighted by atomic mass is 10.4. The highest BCUT2D eigenvalue weighted by Gasteiger charge is 2.05. The summed E-state index contributed by atoms with van der Waals surface area (Å²) in [6.45, 7) is 0.390. The fraction of sp³-hybridized carbons (Fsp3) is 0.222. The van der Waals surface area contributed by atoms with Crippen LogP contribution >= 0.6 is 11.3 Å². The van der Waals surface area contributed by atoms with Crippen LogP contribution in [0, 0.1) is 0 Å². The molecule has 15 heavy (non-hydrogen) atoms. The van der Waals surface area contributed by atoms with E-state index in [4.69, 9.17) is 5.11 Å². The fourth-order valence-electron chi connectivity index (χ4n) is 1.16. The molecule has 2 rings (SSSR count). The first-order chi connectivity index (χ1) is 7.25. The number of rotatable bonds is 4. The lowest BCUT2D eigenvalue weighted by Gasteiger charge is -1.96. The second-order valence-electron chi connectivity index (χ2n) is 2.95. The molecular weight excluding hydrogens is 214 g/mol. The molecule has 0 aliphatic rings. The van der Waals surface area contributed by atoms with Gasteiger partial charge < -0.3 is 5.11 Å². The van der Waals surface area contributed by atoms with Gasteiger partial charge in [-0.2, -0.15) is 5.10 Å². The Morgan fingerprint density at radius 3 is 3.13 bits per heavy atom. The van der Waals surface area contributed by atoms with Crippen LogP contribution in [0.4, 0.5) is 0 Å². The fourth-order valence-corrected chi connectivity index (χ4v) is 1.76. The van der Waals surface area contributed by atoms with Crippen molar-refractivity contribution in [3.63, 3.8) is 0 Å². The molecule has 0 radical (unpaired) electrons. The first-order valence-electron chi connectivity index (χ1n) is 4.41. The largest absolute Gasteiger partial charge is 0.481 e. The Morgan fingerprint density at radius 1 is 1.60 bits per heavy atom. The molecule has 0 bridgehead atoms. The van der Waals surface area contributed by atoms with E-state index in [9.17, 15) is 4.79 Å². The van der Waals surface area contributed by atoms with Crippen LogP contribution in [0.1, 0.15) is 6.42 Å². The molecule has 2 heterocycles. The zero-order chi connectivity index (χ0) is 10.7. The minimum Gasteiger partial charge on any atom is -0.481 e. The summed E-state index contributed by atoms with van der Waals surface area (Å²) in [6.07, 6.45) is 3.56. The highest BCUT2D eigenvalue weighted by Crippen LogP contribution is 2.18. The van der Waals surface area contributed by atoms with Crippen molar-refractivity contribution in [2.45, 2.75) is 13.0 Å². The average Bonchev–Trinajstić information content (AvgIpc) is 2.85. The van der Waals surface area contributed by atoms with Crippen LogP contribution in [0.3, 0.4) is 0 Å². The molecule has 0 spiro atoms. The summed E-state index contributed by atoms with van der Waals surface area (Å²) in [4.78, 5) is 14.5. The van der Waals surface area contributed by atoms with Crippen molar-refractivity contribution < 1.29 is 9.90 Å². The molecule has 0 aromatic carbocycles. The van der Waals surface area contributed by atoms with E-state index in [0.717, 1.165) is 10.7 Å². The molecule has 6 heteroatoms. The maximum atomic E-state index is 10.4. The van der Waals surface area contributed by atoms with Gasteiger partial charge in [-0.15, -0.1) is 11.3 Å². The van der Waals surface area contributed by atoms with E-state index in [1.165, 1.54) is 11.3 Å². The zero-order valence-electron chi connectivity index (χ0n) is 7.83. The quantitative estimate of drug-likeness (QED) is 0.852. The van der Waals surface area contributed by atoms with Crippen LogP contribution in [-0.4, -0.2) is 25.8 Å². The van der Waals surface area contributed by atoms with Crippen molar-refractivity contribution >= 4 is 17.3 Å². The van der Waals surface area contributed by atoms with Crippen LogP contribution < -0.4 is 0 Å². The molecule has 0 saturated carbocycles. The van der Waals surface area contributed by atoms with Crippen LogP contribution in [0.5, 0.6) is 0 Å². The molecule has 1 N–H and O–H groups in total. The molecule has 0 unspecified atom stereocenters. The maximum Gasteiger partial charge on any atom is 0.305 e. The minimum atomic E-state index is -0.818. The number of carboxylic acid groups (broad SMARTS) is 1.